The Bertz CT molecular complexity index is 165. The first-order valence-corrected chi connectivity index (χ1v) is 2.80. The predicted octanol–water partition coefficient (Wildman–Crippen LogP) is 2.45. The molecule has 0 nitrogen and oxygen atoms in total. The fraction of sp³-hybridized carbons (Fsp3) is 0.143. The summed E-state index contributed by atoms with van der Waals surface area (Å²) in [5.74, 6) is 0. The summed E-state index contributed by atoms with van der Waals surface area (Å²) < 4.78 is 0. The third-order valence-electron chi connectivity index (χ3n) is 1.00. The second kappa shape index (κ2) is 4.43. The molecule has 0 N–H and O–H groups in total. The van der Waals surface area contributed by atoms with Crippen LogP contribution in [0.25, 0.3) is 0 Å². The van der Waals surface area contributed by atoms with Gasteiger partial charge in [0.15, 0.2) is 0 Å². The Morgan fingerprint density at radius 1 is 1.56 bits per heavy atom. The van der Waals surface area contributed by atoms with E-state index in [2.05, 4.69) is 6.07 Å². The van der Waals surface area contributed by atoms with Gasteiger partial charge in [-0.3, -0.25) is 0 Å². The quantitative estimate of drug-likeness (QED) is 0.582. The van der Waals surface area contributed by atoms with Gasteiger partial charge < -0.3 is 0 Å². The van der Waals surface area contributed by atoms with E-state index in [-0.39, 0.29) is 32.7 Å². The van der Waals surface area contributed by atoms with Gasteiger partial charge >= 0.3 is 0 Å². The summed E-state index contributed by atoms with van der Waals surface area (Å²) in [5.41, 5.74) is 1.08. The third-order valence-corrected chi connectivity index (χ3v) is 1.43. The van der Waals surface area contributed by atoms with Gasteiger partial charge in [-0.2, -0.15) is 24.3 Å². The summed E-state index contributed by atoms with van der Waals surface area (Å²) >= 11 is 5.69. The van der Waals surface area contributed by atoms with Gasteiger partial charge in [0.25, 0.3) is 0 Å². The molecule has 0 saturated heterocycles. The van der Waals surface area contributed by atoms with E-state index < -0.39 is 0 Å². The maximum Gasteiger partial charge on any atom is 0 e. The van der Waals surface area contributed by atoms with Crippen LogP contribution in [0, 0.1) is 13.0 Å². The minimum atomic E-state index is 0. The summed E-state index contributed by atoms with van der Waals surface area (Å²) in [6.45, 7) is 1.96. The number of hydrogen-bond donors (Lipinski definition) is 0. The third kappa shape index (κ3) is 2.79. The fourth-order valence-corrected chi connectivity index (χ4v) is 0.612. The summed E-state index contributed by atoms with van der Waals surface area (Å²) in [6.07, 6.45) is 0. The molecule has 0 aliphatic rings. The Hall–Kier alpha value is 0.614. The van der Waals surface area contributed by atoms with E-state index in [4.69, 9.17) is 11.6 Å². The van der Waals surface area contributed by atoms with Crippen molar-refractivity contribution in [2.24, 2.45) is 0 Å². The van der Waals surface area contributed by atoms with Crippen molar-refractivity contribution >= 4 is 11.6 Å². The molecule has 0 bridgehead atoms. The van der Waals surface area contributed by atoms with E-state index >= 15 is 0 Å². The predicted molar refractivity (Wildman–Crippen MR) is 35.0 cm³/mol. The molecule has 0 spiro atoms. The molecule has 0 amide bonds. The van der Waals surface area contributed by atoms with Gasteiger partial charge in [0.1, 0.15) is 0 Å². The topological polar surface area (TPSA) is 0 Å². The number of benzene rings is 1. The summed E-state index contributed by atoms with van der Waals surface area (Å²) in [5, 5.41) is 0.809. The maximum atomic E-state index is 5.69. The normalized spacial score (nSPS) is 8.22. The summed E-state index contributed by atoms with van der Waals surface area (Å²) in [4.78, 5) is 0. The Morgan fingerprint density at radius 2 is 2.22 bits per heavy atom. The molecule has 9 heavy (non-hydrogen) atoms. The number of aryl methyl sites for hydroxylation is 1. The second-order valence-electron chi connectivity index (χ2n) is 1.68. The van der Waals surface area contributed by atoms with Crippen molar-refractivity contribution in [1.82, 2.24) is 0 Å². The molecule has 1 aromatic rings. The molecule has 45 valence electrons. The van der Waals surface area contributed by atoms with Crippen LogP contribution in [-0.4, -0.2) is 0 Å². The van der Waals surface area contributed by atoms with E-state index in [0.29, 0.717) is 0 Å². The van der Waals surface area contributed by atoms with Gasteiger partial charge in [0.05, 0.1) is 0 Å². The maximum absolute atomic E-state index is 5.69. The van der Waals surface area contributed by atoms with E-state index in [0.717, 1.165) is 10.6 Å². The van der Waals surface area contributed by atoms with Crippen LogP contribution in [0.15, 0.2) is 18.2 Å². The summed E-state index contributed by atoms with van der Waals surface area (Å²) in [6, 6.07) is 8.41. The van der Waals surface area contributed by atoms with Gasteiger partial charge in [0, 0.05) is 32.7 Å². The molecule has 0 aromatic heterocycles. The average Bonchev–Trinajstić information content (AvgIpc) is 1.77. The van der Waals surface area contributed by atoms with Gasteiger partial charge in [-0.25, -0.2) is 0 Å². The Morgan fingerprint density at radius 3 is 2.56 bits per heavy atom. The van der Waals surface area contributed by atoms with Crippen molar-refractivity contribution in [2.45, 2.75) is 6.92 Å². The average molecular weight is 214 g/mol. The van der Waals surface area contributed by atoms with Crippen LogP contribution in [0.1, 0.15) is 5.56 Å². The molecule has 0 fully saturated rings. The first-order chi connectivity index (χ1) is 3.80. The second-order valence-corrected chi connectivity index (χ2v) is 2.08. The van der Waals surface area contributed by atoms with E-state index in [1.54, 1.807) is 6.07 Å². The Kier molecular flexibility index (Phi) is 4.74. The molecule has 1 rings (SSSR count). The fourth-order valence-electron chi connectivity index (χ4n) is 0.495. The zero-order chi connectivity index (χ0) is 5.98. The van der Waals surface area contributed by atoms with Crippen LogP contribution < -0.4 is 0 Å². The van der Waals surface area contributed by atoms with Crippen LogP contribution in [-0.2, 0) is 32.7 Å². The van der Waals surface area contributed by atoms with Gasteiger partial charge in [0.2, 0.25) is 0 Å². The zero-order valence-electron chi connectivity index (χ0n) is 5.19. The van der Waals surface area contributed by atoms with Crippen molar-refractivity contribution in [2.75, 3.05) is 0 Å². The molecular formula is C7H6ClY-. The molecule has 0 saturated carbocycles. The largest absolute Gasteiger partial charge is 0.183 e. The molecular weight excluding hydrogens is 208 g/mol. The van der Waals surface area contributed by atoms with Crippen LogP contribution in [0.3, 0.4) is 0 Å². The molecule has 2 heteroatoms. The molecule has 0 atom stereocenters. The summed E-state index contributed by atoms with van der Waals surface area (Å²) in [7, 11) is 0. The van der Waals surface area contributed by atoms with Gasteiger partial charge in [-0.05, 0) is 0 Å². The van der Waals surface area contributed by atoms with Crippen molar-refractivity contribution in [3.63, 3.8) is 0 Å². The Labute approximate surface area is 85.5 Å². The molecule has 1 radical (unpaired) electrons. The van der Waals surface area contributed by atoms with E-state index in [1.165, 1.54) is 0 Å². The van der Waals surface area contributed by atoms with E-state index in [9.17, 15) is 0 Å². The SMILES string of the molecule is Cc1c[c-]ccc1Cl.[Y]. The molecule has 1 aromatic carbocycles. The van der Waals surface area contributed by atoms with Crippen LogP contribution >= 0.6 is 11.6 Å². The van der Waals surface area contributed by atoms with Crippen molar-refractivity contribution < 1.29 is 32.7 Å². The van der Waals surface area contributed by atoms with Crippen LogP contribution in [0.5, 0.6) is 0 Å². The van der Waals surface area contributed by atoms with Crippen LogP contribution in [0.2, 0.25) is 5.02 Å². The van der Waals surface area contributed by atoms with E-state index in [1.807, 2.05) is 19.1 Å². The van der Waals surface area contributed by atoms with Crippen molar-refractivity contribution in [3.8, 4) is 0 Å². The molecule has 0 unspecified atom stereocenters. The minimum Gasteiger partial charge on any atom is -0.183 e. The first kappa shape index (κ1) is 9.61. The molecule has 0 aliphatic heterocycles. The number of hydrogen-bond acceptors (Lipinski definition) is 0. The number of halogens is 1. The van der Waals surface area contributed by atoms with Gasteiger partial charge in [-0.1, -0.05) is 11.9 Å². The first-order valence-electron chi connectivity index (χ1n) is 2.43. The van der Waals surface area contributed by atoms with Crippen LogP contribution in [0.4, 0.5) is 0 Å². The van der Waals surface area contributed by atoms with Gasteiger partial charge in [-0.15, -0.1) is 17.2 Å². The molecule has 0 aliphatic carbocycles. The monoisotopic (exact) mass is 214 g/mol. The minimum absolute atomic E-state index is 0. The smallest absolute Gasteiger partial charge is 0 e. The zero-order valence-corrected chi connectivity index (χ0v) is 8.78. The standard InChI is InChI=1S/C7H6Cl.Y/c1-6-4-2-3-5-7(6)8;/h3-5H,1H3;/q-1;. The number of rotatable bonds is 0. The van der Waals surface area contributed by atoms with Crippen molar-refractivity contribution in [1.29, 1.82) is 0 Å². The Balaban J connectivity index is 0.000000640. The molecule has 0 heterocycles. The van der Waals surface area contributed by atoms with Crippen molar-refractivity contribution in [3.05, 3.63) is 34.9 Å².